The van der Waals surface area contributed by atoms with Crippen LogP contribution >= 0.6 is 27.5 Å². The van der Waals surface area contributed by atoms with Crippen LogP contribution in [0.2, 0.25) is 5.02 Å². The maximum atomic E-state index is 10.8. The molecule has 0 saturated carbocycles. The number of carboxylic acids is 1. The number of aromatic carboxylic acids is 1. The molecule has 98 valence electrons. The highest BCUT2D eigenvalue weighted by molar-refractivity contribution is 9.10. The first-order chi connectivity index (χ1) is 9.06. The summed E-state index contributed by atoms with van der Waals surface area (Å²) >= 11 is 9.31. The quantitative estimate of drug-likeness (QED) is 0.918. The molecule has 1 N–H and O–H groups in total. The van der Waals surface area contributed by atoms with Crippen molar-refractivity contribution in [3.05, 3.63) is 57.3 Å². The van der Waals surface area contributed by atoms with E-state index in [1.165, 1.54) is 6.07 Å². The second kappa shape index (κ2) is 6.04. The van der Waals surface area contributed by atoms with E-state index < -0.39 is 5.97 Å². The van der Waals surface area contributed by atoms with Crippen LogP contribution in [0.4, 0.5) is 0 Å². The Balaban J connectivity index is 2.10. The Bertz CT molecular complexity index is 619. The lowest BCUT2D eigenvalue weighted by molar-refractivity contribution is 0.0690. The SMILES string of the molecule is O=C(O)c1cccc(COc2ccc(Br)cc2Cl)n1. The van der Waals surface area contributed by atoms with Gasteiger partial charge in [-0.25, -0.2) is 9.78 Å². The summed E-state index contributed by atoms with van der Waals surface area (Å²) in [5.41, 5.74) is 0.516. The van der Waals surface area contributed by atoms with Crippen molar-refractivity contribution in [3.8, 4) is 5.75 Å². The Morgan fingerprint density at radius 2 is 2.16 bits per heavy atom. The zero-order chi connectivity index (χ0) is 13.8. The van der Waals surface area contributed by atoms with E-state index in [0.717, 1.165) is 4.47 Å². The van der Waals surface area contributed by atoms with Crippen LogP contribution in [0, 0.1) is 0 Å². The number of carbonyl (C=O) groups is 1. The number of ether oxygens (including phenoxy) is 1. The number of rotatable bonds is 4. The van der Waals surface area contributed by atoms with Gasteiger partial charge in [-0.1, -0.05) is 33.6 Å². The van der Waals surface area contributed by atoms with E-state index in [-0.39, 0.29) is 12.3 Å². The molecule has 19 heavy (non-hydrogen) atoms. The second-order valence-electron chi connectivity index (χ2n) is 3.68. The zero-order valence-electron chi connectivity index (χ0n) is 9.64. The molecule has 1 aromatic carbocycles. The van der Waals surface area contributed by atoms with E-state index in [1.807, 2.05) is 6.07 Å². The smallest absolute Gasteiger partial charge is 0.354 e. The summed E-state index contributed by atoms with van der Waals surface area (Å²) in [5.74, 6) is -0.545. The molecule has 0 unspecified atom stereocenters. The number of pyridine rings is 1. The van der Waals surface area contributed by atoms with E-state index in [9.17, 15) is 4.79 Å². The van der Waals surface area contributed by atoms with Crippen molar-refractivity contribution in [2.24, 2.45) is 0 Å². The molecule has 0 aliphatic rings. The van der Waals surface area contributed by atoms with Crippen LogP contribution in [0.1, 0.15) is 16.2 Å². The third-order valence-corrected chi connectivity index (χ3v) is 3.08. The molecule has 0 bridgehead atoms. The fourth-order valence-corrected chi connectivity index (χ4v) is 2.15. The highest BCUT2D eigenvalue weighted by Gasteiger charge is 2.07. The maximum absolute atomic E-state index is 10.8. The third-order valence-electron chi connectivity index (χ3n) is 2.30. The first-order valence-corrected chi connectivity index (χ1v) is 6.50. The van der Waals surface area contributed by atoms with Gasteiger partial charge in [0.05, 0.1) is 10.7 Å². The molecule has 4 nitrogen and oxygen atoms in total. The number of hydrogen-bond acceptors (Lipinski definition) is 3. The van der Waals surface area contributed by atoms with E-state index in [0.29, 0.717) is 16.5 Å². The molecule has 0 aliphatic carbocycles. The molecule has 1 heterocycles. The van der Waals surface area contributed by atoms with Crippen LogP contribution in [0.3, 0.4) is 0 Å². The minimum absolute atomic E-state index is 0.0111. The average molecular weight is 343 g/mol. The Kier molecular flexibility index (Phi) is 4.39. The van der Waals surface area contributed by atoms with Crippen molar-refractivity contribution in [1.29, 1.82) is 0 Å². The number of carboxylic acid groups (broad SMARTS) is 1. The van der Waals surface area contributed by atoms with Crippen LogP contribution in [0.25, 0.3) is 0 Å². The largest absolute Gasteiger partial charge is 0.486 e. The van der Waals surface area contributed by atoms with Gasteiger partial charge in [-0.3, -0.25) is 0 Å². The van der Waals surface area contributed by atoms with Crippen molar-refractivity contribution in [3.63, 3.8) is 0 Å². The minimum atomic E-state index is -1.07. The monoisotopic (exact) mass is 341 g/mol. The van der Waals surface area contributed by atoms with Gasteiger partial charge >= 0.3 is 5.97 Å². The van der Waals surface area contributed by atoms with Crippen molar-refractivity contribution >= 4 is 33.5 Å². The van der Waals surface area contributed by atoms with Gasteiger partial charge in [0, 0.05) is 4.47 Å². The lowest BCUT2D eigenvalue weighted by atomic mass is 10.3. The highest BCUT2D eigenvalue weighted by Crippen LogP contribution is 2.28. The molecule has 2 aromatic rings. The first-order valence-electron chi connectivity index (χ1n) is 5.33. The third kappa shape index (κ3) is 3.68. The molecule has 0 spiro atoms. The summed E-state index contributed by atoms with van der Waals surface area (Å²) in [6, 6.07) is 10.0. The van der Waals surface area contributed by atoms with Gasteiger partial charge in [-0.15, -0.1) is 0 Å². The molecular formula is C13H9BrClNO3. The minimum Gasteiger partial charge on any atom is -0.486 e. The summed E-state index contributed by atoms with van der Waals surface area (Å²) in [7, 11) is 0. The Labute approximate surface area is 123 Å². The number of aromatic nitrogens is 1. The molecular weight excluding hydrogens is 334 g/mol. The van der Waals surface area contributed by atoms with Crippen LogP contribution < -0.4 is 4.74 Å². The van der Waals surface area contributed by atoms with Gasteiger partial charge in [0.1, 0.15) is 18.1 Å². The Morgan fingerprint density at radius 3 is 2.84 bits per heavy atom. The number of benzene rings is 1. The van der Waals surface area contributed by atoms with Crippen LogP contribution in [0.5, 0.6) is 5.75 Å². The molecule has 2 rings (SSSR count). The average Bonchev–Trinajstić information content (AvgIpc) is 2.38. The van der Waals surface area contributed by atoms with Gasteiger partial charge in [0.15, 0.2) is 0 Å². The van der Waals surface area contributed by atoms with Crippen molar-refractivity contribution in [2.75, 3.05) is 0 Å². The predicted molar refractivity (Wildman–Crippen MR) is 74.7 cm³/mol. The van der Waals surface area contributed by atoms with Crippen LogP contribution in [-0.2, 0) is 6.61 Å². The molecule has 0 radical (unpaired) electrons. The predicted octanol–water partition coefficient (Wildman–Crippen LogP) is 3.77. The lowest BCUT2D eigenvalue weighted by Crippen LogP contribution is -2.05. The number of hydrogen-bond donors (Lipinski definition) is 1. The van der Waals surface area contributed by atoms with Crippen molar-refractivity contribution < 1.29 is 14.6 Å². The topological polar surface area (TPSA) is 59.4 Å². The van der Waals surface area contributed by atoms with E-state index in [2.05, 4.69) is 20.9 Å². The summed E-state index contributed by atoms with van der Waals surface area (Å²) < 4.78 is 6.36. The highest BCUT2D eigenvalue weighted by atomic mass is 79.9. The van der Waals surface area contributed by atoms with Gasteiger partial charge in [0.2, 0.25) is 0 Å². The molecule has 1 aromatic heterocycles. The fourth-order valence-electron chi connectivity index (χ4n) is 1.42. The standard InChI is InChI=1S/C13H9BrClNO3/c14-8-4-5-12(10(15)6-8)19-7-9-2-1-3-11(16-9)13(17)18/h1-6H,7H2,(H,17,18). The normalized spacial score (nSPS) is 10.2. The summed E-state index contributed by atoms with van der Waals surface area (Å²) in [4.78, 5) is 14.7. The van der Waals surface area contributed by atoms with Gasteiger partial charge in [-0.05, 0) is 30.3 Å². The second-order valence-corrected chi connectivity index (χ2v) is 5.01. The Morgan fingerprint density at radius 1 is 1.37 bits per heavy atom. The van der Waals surface area contributed by atoms with Crippen LogP contribution in [0.15, 0.2) is 40.9 Å². The molecule has 6 heteroatoms. The molecule has 0 fully saturated rings. The van der Waals surface area contributed by atoms with Crippen molar-refractivity contribution in [1.82, 2.24) is 4.98 Å². The molecule has 0 saturated heterocycles. The van der Waals surface area contributed by atoms with Gasteiger partial charge in [-0.2, -0.15) is 0 Å². The molecule has 0 amide bonds. The maximum Gasteiger partial charge on any atom is 0.354 e. The van der Waals surface area contributed by atoms with E-state index in [1.54, 1.807) is 24.3 Å². The van der Waals surface area contributed by atoms with Crippen molar-refractivity contribution in [2.45, 2.75) is 6.61 Å². The fraction of sp³-hybridized carbons (Fsp3) is 0.0769. The lowest BCUT2D eigenvalue weighted by Gasteiger charge is -2.08. The van der Waals surface area contributed by atoms with Gasteiger partial charge < -0.3 is 9.84 Å². The summed E-state index contributed by atoms with van der Waals surface area (Å²) in [6.45, 7) is 0.155. The molecule has 0 aliphatic heterocycles. The summed E-state index contributed by atoms with van der Waals surface area (Å²) in [6.07, 6.45) is 0. The molecule has 0 atom stereocenters. The van der Waals surface area contributed by atoms with E-state index >= 15 is 0 Å². The van der Waals surface area contributed by atoms with Crippen LogP contribution in [-0.4, -0.2) is 16.1 Å². The summed E-state index contributed by atoms with van der Waals surface area (Å²) in [5, 5.41) is 9.32. The number of nitrogens with zero attached hydrogens (tertiary/aromatic N) is 1. The first kappa shape index (κ1) is 13.8. The van der Waals surface area contributed by atoms with E-state index in [4.69, 9.17) is 21.4 Å². The number of halogens is 2. The van der Waals surface area contributed by atoms with Gasteiger partial charge in [0.25, 0.3) is 0 Å². The zero-order valence-corrected chi connectivity index (χ0v) is 12.0. The Hall–Kier alpha value is -1.59.